The Morgan fingerprint density at radius 2 is 1.79 bits per heavy atom. The van der Waals surface area contributed by atoms with Gasteiger partial charge in [-0.2, -0.15) is 13.2 Å². The van der Waals surface area contributed by atoms with Crippen LogP contribution in [0.25, 0.3) is 0 Å². The van der Waals surface area contributed by atoms with E-state index in [9.17, 15) is 21.6 Å². The molecule has 108 valence electrons. The summed E-state index contributed by atoms with van der Waals surface area (Å²) >= 11 is 0. The highest BCUT2D eigenvalue weighted by molar-refractivity contribution is 7.92. The maximum Gasteiger partial charge on any atom is 0.501 e. The van der Waals surface area contributed by atoms with Gasteiger partial charge in [0.15, 0.2) is 0 Å². The van der Waals surface area contributed by atoms with Crippen molar-refractivity contribution in [1.82, 2.24) is 5.32 Å². The van der Waals surface area contributed by atoms with Gasteiger partial charge in [0, 0.05) is 13.1 Å². The monoisotopic (exact) mass is 296 g/mol. The predicted molar refractivity (Wildman–Crippen MR) is 66.7 cm³/mol. The maximum absolute atomic E-state index is 12.5. The second kappa shape index (κ2) is 6.25. The summed E-state index contributed by atoms with van der Waals surface area (Å²) in [7, 11) is -5.33. The van der Waals surface area contributed by atoms with Crippen LogP contribution in [0, 0.1) is 0 Å². The molecule has 0 unspecified atom stereocenters. The number of para-hydroxylation sites is 1. The fourth-order valence-electron chi connectivity index (χ4n) is 1.43. The van der Waals surface area contributed by atoms with Crippen LogP contribution in [0.1, 0.15) is 6.92 Å². The lowest BCUT2D eigenvalue weighted by atomic mass is 10.3. The normalized spacial score (nSPS) is 12.4. The number of rotatable bonds is 6. The van der Waals surface area contributed by atoms with Crippen molar-refractivity contribution in [2.24, 2.45) is 0 Å². The minimum Gasteiger partial charge on any atom is -0.383 e. The molecule has 8 heteroatoms. The predicted octanol–water partition coefficient (Wildman–Crippen LogP) is 2.00. The molecule has 4 nitrogen and oxygen atoms in total. The summed E-state index contributed by atoms with van der Waals surface area (Å²) in [5.41, 5.74) is -5.34. The van der Waals surface area contributed by atoms with Crippen LogP contribution in [0.5, 0.6) is 0 Å². The first-order valence-electron chi connectivity index (χ1n) is 5.65. The Balaban J connectivity index is 2.97. The molecule has 0 amide bonds. The third-order valence-electron chi connectivity index (χ3n) is 2.35. The van der Waals surface area contributed by atoms with Crippen LogP contribution in [0.2, 0.25) is 0 Å². The van der Waals surface area contributed by atoms with Gasteiger partial charge in [-0.05, 0) is 18.7 Å². The van der Waals surface area contributed by atoms with Crippen LogP contribution in [-0.2, 0) is 9.84 Å². The average Bonchev–Trinajstić information content (AvgIpc) is 2.34. The summed E-state index contributed by atoms with van der Waals surface area (Å²) in [5.74, 6) is 0. The summed E-state index contributed by atoms with van der Waals surface area (Å²) in [6.45, 7) is 3.47. The molecule has 1 aromatic carbocycles. The number of anilines is 1. The van der Waals surface area contributed by atoms with E-state index >= 15 is 0 Å². The molecule has 0 aliphatic carbocycles. The number of benzene rings is 1. The highest BCUT2D eigenvalue weighted by Gasteiger charge is 2.47. The third kappa shape index (κ3) is 3.84. The number of alkyl halides is 3. The Kier molecular flexibility index (Phi) is 5.19. The Hall–Kier alpha value is -1.28. The molecule has 0 saturated carbocycles. The smallest absolute Gasteiger partial charge is 0.383 e. The molecule has 0 aliphatic heterocycles. The van der Waals surface area contributed by atoms with E-state index in [2.05, 4.69) is 10.6 Å². The van der Waals surface area contributed by atoms with Crippen molar-refractivity contribution < 1.29 is 21.6 Å². The summed E-state index contributed by atoms with van der Waals surface area (Å²) in [6.07, 6.45) is 0. The maximum atomic E-state index is 12.5. The summed E-state index contributed by atoms with van der Waals surface area (Å²) in [6, 6.07) is 4.99. The Labute approximate surface area is 109 Å². The van der Waals surface area contributed by atoms with Crippen LogP contribution in [0.15, 0.2) is 29.2 Å². The van der Waals surface area contributed by atoms with Gasteiger partial charge in [-0.1, -0.05) is 19.1 Å². The number of nitrogens with one attached hydrogen (secondary N) is 2. The molecule has 1 rings (SSSR count). The molecule has 0 heterocycles. The molecule has 0 saturated heterocycles. The molecule has 1 aromatic rings. The van der Waals surface area contributed by atoms with E-state index in [0.717, 1.165) is 12.6 Å². The molecular weight excluding hydrogens is 281 g/mol. The summed E-state index contributed by atoms with van der Waals surface area (Å²) < 4.78 is 60.3. The zero-order valence-corrected chi connectivity index (χ0v) is 11.1. The molecule has 0 radical (unpaired) electrons. The van der Waals surface area contributed by atoms with Crippen LogP contribution in [0.3, 0.4) is 0 Å². The lowest BCUT2D eigenvalue weighted by Crippen LogP contribution is -2.26. The minimum atomic E-state index is -5.33. The van der Waals surface area contributed by atoms with Crippen LogP contribution < -0.4 is 10.6 Å². The molecule has 0 spiro atoms. The topological polar surface area (TPSA) is 58.2 Å². The number of hydrogen-bond acceptors (Lipinski definition) is 4. The third-order valence-corrected chi connectivity index (χ3v) is 3.89. The van der Waals surface area contributed by atoms with Crippen molar-refractivity contribution in [3.8, 4) is 0 Å². The average molecular weight is 296 g/mol. The van der Waals surface area contributed by atoms with E-state index in [1.165, 1.54) is 18.2 Å². The fraction of sp³-hybridized carbons (Fsp3) is 0.455. The summed E-state index contributed by atoms with van der Waals surface area (Å²) in [4.78, 5) is -0.751. The first-order valence-corrected chi connectivity index (χ1v) is 7.14. The highest BCUT2D eigenvalue weighted by Crippen LogP contribution is 2.33. The zero-order chi connectivity index (χ0) is 14.5. The van der Waals surface area contributed by atoms with Gasteiger partial charge >= 0.3 is 5.51 Å². The van der Waals surface area contributed by atoms with Crippen molar-refractivity contribution in [2.75, 3.05) is 25.0 Å². The Bertz CT molecular complexity index is 515. The van der Waals surface area contributed by atoms with E-state index < -0.39 is 20.2 Å². The first kappa shape index (κ1) is 15.8. The molecule has 2 N–H and O–H groups in total. The van der Waals surface area contributed by atoms with Gasteiger partial charge in [0.25, 0.3) is 9.84 Å². The molecule has 0 aliphatic rings. The van der Waals surface area contributed by atoms with Crippen molar-refractivity contribution in [2.45, 2.75) is 17.3 Å². The summed E-state index contributed by atoms with van der Waals surface area (Å²) in [5, 5.41) is 5.66. The van der Waals surface area contributed by atoms with Gasteiger partial charge in [-0.15, -0.1) is 0 Å². The highest BCUT2D eigenvalue weighted by atomic mass is 32.2. The van der Waals surface area contributed by atoms with E-state index in [1.54, 1.807) is 0 Å². The molecule has 0 aromatic heterocycles. The van der Waals surface area contributed by atoms with Crippen molar-refractivity contribution in [3.63, 3.8) is 0 Å². The van der Waals surface area contributed by atoms with Crippen molar-refractivity contribution >= 4 is 15.5 Å². The number of likely N-dealkylation sites (N-methyl/N-ethyl adjacent to an activating group) is 1. The van der Waals surface area contributed by atoms with Gasteiger partial charge in [-0.3, -0.25) is 0 Å². The molecule has 0 bridgehead atoms. The van der Waals surface area contributed by atoms with Gasteiger partial charge in [0.2, 0.25) is 0 Å². The van der Waals surface area contributed by atoms with E-state index in [-0.39, 0.29) is 5.69 Å². The first-order chi connectivity index (χ1) is 8.80. The van der Waals surface area contributed by atoms with Gasteiger partial charge in [-0.25, -0.2) is 8.42 Å². The van der Waals surface area contributed by atoms with Crippen LogP contribution in [0.4, 0.5) is 18.9 Å². The molecule has 0 atom stereocenters. The minimum absolute atomic E-state index is 0.0438. The van der Waals surface area contributed by atoms with E-state index in [4.69, 9.17) is 0 Å². The van der Waals surface area contributed by atoms with Gasteiger partial charge < -0.3 is 10.6 Å². The van der Waals surface area contributed by atoms with Crippen LogP contribution >= 0.6 is 0 Å². The molecule has 19 heavy (non-hydrogen) atoms. The molecular formula is C11H15F3N2O2S. The van der Waals surface area contributed by atoms with Gasteiger partial charge in [0.05, 0.1) is 10.6 Å². The Morgan fingerprint density at radius 1 is 1.16 bits per heavy atom. The number of sulfone groups is 1. The van der Waals surface area contributed by atoms with Crippen molar-refractivity contribution in [3.05, 3.63) is 24.3 Å². The lowest BCUT2D eigenvalue weighted by Gasteiger charge is -2.14. The fourth-order valence-corrected chi connectivity index (χ4v) is 2.37. The second-order valence-corrected chi connectivity index (χ2v) is 5.64. The SMILES string of the molecule is CCNCCNc1ccccc1S(=O)(=O)C(F)(F)F. The standard InChI is InChI=1S/C11H15F3N2O2S/c1-2-15-7-8-16-9-5-3-4-6-10(9)19(17,18)11(12,13)14/h3-6,15-16H,2,7-8H2,1H3. The zero-order valence-electron chi connectivity index (χ0n) is 10.3. The quantitative estimate of drug-likeness (QED) is 0.788. The second-order valence-electron chi connectivity index (χ2n) is 3.73. The van der Waals surface area contributed by atoms with Crippen molar-refractivity contribution in [1.29, 1.82) is 0 Å². The van der Waals surface area contributed by atoms with E-state index in [0.29, 0.717) is 13.1 Å². The molecule has 0 fully saturated rings. The van der Waals surface area contributed by atoms with E-state index in [1.807, 2.05) is 6.92 Å². The Morgan fingerprint density at radius 3 is 2.37 bits per heavy atom. The number of hydrogen-bond donors (Lipinski definition) is 2. The number of halogens is 3. The van der Waals surface area contributed by atoms with Crippen LogP contribution in [-0.4, -0.2) is 33.6 Å². The van der Waals surface area contributed by atoms with Gasteiger partial charge in [0.1, 0.15) is 0 Å². The lowest BCUT2D eigenvalue weighted by molar-refractivity contribution is -0.0435. The largest absolute Gasteiger partial charge is 0.501 e.